The minimum Gasteiger partial charge on any atom is -0.465 e. The first-order valence-electron chi connectivity index (χ1n) is 12.0. The van der Waals surface area contributed by atoms with Crippen LogP contribution in [-0.2, 0) is 4.74 Å². The van der Waals surface area contributed by atoms with E-state index in [0.29, 0.717) is 17.2 Å². The Hall–Kier alpha value is -3.85. The number of ketones is 1. The predicted molar refractivity (Wildman–Crippen MR) is 136 cm³/mol. The number of esters is 1. The second-order valence-corrected chi connectivity index (χ2v) is 9.29. The van der Waals surface area contributed by atoms with Crippen molar-refractivity contribution in [1.82, 2.24) is 9.13 Å². The number of hydrogen-bond donors (Lipinski definition) is 0. The molecule has 0 amide bonds. The molecule has 1 aliphatic rings. The average molecular weight is 470 g/mol. The molecule has 0 bridgehead atoms. The van der Waals surface area contributed by atoms with Crippen molar-refractivity contribution >= 4 is 17.8 Å². The summed E-state index contributed by atoms with van der Waals surface area (Å²) in [5.74, 6) is -0.623. The number of nitriles is 1. The molecule has 1 aromatic carbocycles. The standard InChI is InChI=1S/C29H31N3O3/c1-18-14-23(20(3)31(18)26-12-10-22(11-13-26)29(34)35-5)16-24(17-30)28(33)27-15-19(2)32(21(27)4)25-8-6-7-9-25/h10-16,25H,6-9H2,1-5H3/b24-16-. The second kappa shape index (κ2) is 9.79. The van der Waals surface area contributed by atoms with Gasteiger partial charge in [0.15, 0.2) is 0 Å². The van der Waals surface area contributed by atoms with Crippen LogP contribution in [-0.4, -0.2) is 28.0 Å². The Morgan fingerprint density at radius 1 is 1.00 bits per heavy atom. The van der Waals surface area contributed by atoms with Crippen LogP contribution in [0.2, 0.25) is 0 Å². The minimum atomic E-state index is -0.384. The molecule has 1 aliphatic carbocycles. The molecule has 0 radical (unpaired) electrons. The van der Waals surface area contributed by atoms with Gasteiger partial charge in [0.25, 0.3) is 0 Å². The Bertz CT molecular complexity index is 1360. The van der Waals surface area contributed by atoms with Gasteiger partial charge < -0.3 is 13.9 Å². The van der Waals surface area contributed by atoms with Crippen molar-refractivity contribution in [3.05, 3.63) is 81.4 Å². The van der Waals surface area contributed by atoms with Gasteiger partial charge in [-0.15, -0.1) is 0 Å². The highest BCUT2D eigenvalue weighted by molar-refractivity contribution is 6.14. The number of hydrogen-bond acceptors (Lipinski definition) is 4. The number of allylic oxidation sites excluding steroid dienone is 1. The van der Waals surface area contributed by atoms with E-state index in [4.69, 9.17) is 4.74 Å². The van der Waals surface area contributed by atoms with Crippen LogP contribution in [0, 0.1) is 39.0 Å². The lowest BCUT2D eigenvalue weighted by atomic mass is 10.0. The van der Waals surface area contributed by atoms with E-state index in [2.05, 4.69) is 10.6 Å². The first kappa shape index (κ1) is 24.3. The summed E-state index contributed by atoms with van der Waals surface area (Å²) in [5, 5.41) is 9.89. The fraction of sp³-hybridized carbons (Fsp3) is 0.345. The van der Waals surface area contributed by atoms with Gasteiger partial charge in [0.05, 0.1) is 12.7 Å². The molecular weight excluding hydrogens is 438 g/mol. The molecule has 1 saturated carbocycles. The molecule has 3 aromatic rings. The van der Waals surface area contributed by atoms with E-state index < -0.39 is 0 Å². The van der Waals surface area contributed by atoms with Crippen LogP contribution < -0.4 is 0 Å². The van der Waals surface area contributed by atoms with Crippen LogP contribution in [0.5, 0.6) is 0 Å². The number of benzene rings is 1. The first-order valence-corrected chi connectivity index (χ1v) is 12.0. The molecule has 6 nitrogen and oxygen atoms in total. The molecule has 0 N–H and O–H groups in total. The number of rotatable bonds is 6. The molecule has 0 atom stereocenters. The maximum atomic E-state index is 13.4. The molecule has 0 unspecified atom stereocenters. The van der Waals surface area contributed by atoms with Gasteiger partial charge in [0, 0.05) is 40.1 Å². The van der Waals surface area contributed by atoms with Crippen molar-refractivity contribution in [2.75, 3.05) is 7.11 Å². The second-order valence-electron chi connectivity index (χ2n) is 9.29. The summed E-state index contributed by atoms with van der Waals surface area (Å²) in [4.78, 5) is 25.2. The topological polar surface area (TPSA) is 77.0 Å². The van der Waals surface area contributed by atoms with Gasteiger partial charge in [-0.25, -0.2) is 4.79 Å². The molecule has 1 fully saturated rings. The highest BCUT2D eigenvalue weighted by Gasteiger charge is 2.25. The predicted octanol–water partition coefficient (Wildman–Crippen LogP) is 6.20. The molecular formula is C29H31N3O3. The average Bonchev–Trinajstić information content (AvgIpc) is 3.55. The Labute approximate surface area is 206 Å². The lowest BCUT2D eigenvalue weighted by Gasteiger charge is -2.17. The normalized spacial score (nSPS) is 14.2. The van der Waals surface area contributed by atoms with Gasteiger partial charge in [-0.1, -0.05) is 12.8 Å². The fourth-order valence-electron chi connectivity index (χ4n) is 5.38. The Kier molecular flexibility index (Phi) is 6.79. The van der Waals surface area contributed by atoms with Gasteiger partial charge in [-0.2, -0.15) is 5.26 Å². The van der Waals surface area contributed by atoms with E-state index in [0.717, 1.165) is 46.9 Å². The van der Waals surface area contributed by atoms with Crippen molar-refractivity contribution in [1.29, 1.82) is 5.26 Å². The fourth-order valence-corrected chi connectivity index (χ4v) is 5.38. The number of carbonyl (C=O) groups is 2. The van der Waals surface area contributed by atoms with Crippen molar-refractivity contribution in [3.8, 4) is 11.8 Å². The number of aromatic nitrogens is 2. The highest BCUT2D eigenvalue weighted by atomic mass is 16.5. The minimum absolute atomic E-state index is 0.123. The molecule has 0 spiro atoms. The summed E-state index contributed by atoms with van der Waals surface area (Å²) >= 11 is 0. The van der Waals surface area contributed by atoms with E-state index in [1.807, 2.05) is 56.5 Å². The third kappa shape index (κ3) is 4.46. The summed E-state index contributed by atoms with van der Waals surface area (Å²) < 4.78 is 9.09. The lowest BCUT2D eigenvalue weighted by molar-refractivity contribution is 0.0600. The van der Waals surface area contributed by atoms with E-state index >= 15 is 0 Å². The van der Waals surface area contributed by atoms with Crippen LogP contribution >= 0.6 is 0 Å². The highest BCUT2D eigenvalue weighted by Crippen LogP contribution is 2.34. The van der Waals surface area contributed by atoms with E-state index in [1.54, 1.807) is 18.2 Å². The third-order valence-electron chi connectivity index (χ3n) is 7.10. The summed E-state index contributed by atoms with van der Waals surface area (Å²) in [6.45, 7) is 7.95. The number of carbonyl (C=O) groups excluding carboxylic acids is 2. The molecule has 0 aliphatic heterocycles. The number of methoxy groups -OCH3 is 1. The zero-order valence-corrected chi connectivity index (χ0v) is 21.0. The number of Topliss-reactive ketones (excluding diaryl/α,β-unsaturated/α-hetero) is 1. The maximum absolute atomic E-state index is 13.4. The van der Waals surface area contributed by atoms with Crippen LogP contribution in [0.3, 0.4) is 0 Å². The molecule has 4 rings (SSSR count). The zero-order valence-electron chi connectivity index (χ0n) is 21.0. The molecule has 2 heterocycles. The molecule has 35 heavy (non-hydrogen) atoms. The SMILES string of the molecule is COC(=O)c1ccc(-n2c(C)cc(/C=C(/C#N)C(=O)c3cc(C)n(C4CCCC4)c3C)c2C)cc1. The summed E-state index contributed by atoms with van der Waals surface area (Å²) in [5.41, 5.74) is 6.79. The van der Waals surface area contributed by atoms with E-state index in [9.17, 15) is 14.9 Å². The largest absolute Gasteiger partial charge is 0.465 e. The summed E-state index contributed by atoms with van der Waals surface area (Å²) in [6.07, 6.45) is 6.39. The quantitative estimate of drug-likeness (QED) is 0.186. The zero-order chi connectivity index (χ0) is 25.3. The molecule has 0 saturated heterocycles. The molecule has 180 valence electrons. The van der Waals surface area contributed by atoms with Gasteiger partial charge in [-0.3, -0.25) is 4.79 Å². The van der Waals surface area contributed by atoms with Crippen LogP contribution in [0.1, 0.15) is 80.8 Å². The maximum Gasteiger partial charge on any atom is 0.337 e. The number of aryl methyl sites for hydroxylation is 2. The van der Waals surface area contributed by atoms with Crippen molar-refractivity contribution < 1.29 is 14.3 Å². The van der Waals surface area contributed by atoms with E-state index in [-0.39, 0.29) is 17.3 Å². The van der Waals surface area contributed by atoms with Crippen molar-refractivity contribution in [3.63, 3.8) is 0 Å². The van der Waals surface area contributed by atoms with Gasteiger partial charge in [0.1, 0.15) is 11.6 Å². The van der Waals surface area contributed by atoms with E-state index in [1.165, 1.54) is 20.0 Å². The third-order valence-corrected chi connectivity index (χ3v) is 7.10. The van der Waals surface area contributed by atoms with Crippen LogP contribution in [0.25, 0.3) is 11.8 Å². The first-order chi connectivity index (χ1) is 16.8. The van der Waals surface area contributed by atoms with Crippen LogP contribution in [0.4, 0.5) is 0 Å². The molecule has 6 heteroatoms. The summed E-state index contributed by atoms with van der Waals surface area (Å²) in [7, 11) is 1.36. The Morgan fingerprint density at radius 3 is 2.26 bits per heavy atom. The van der Waals surface area contributed by atoms with Crippen molar-refractivity contribution in [2.45, 2.75) is 59.4 Å². The Balaban J connectivity index is 1.68. The number of ether oxygens (including phenoxy) is 1. The summed E-state index contributed by atoms with van der Waals surface area (Å²) in [6, 6.07) is 13.6. The van der Waals surface area contributed by atoms with Gasteiger partial charge >= 0.3 is 5.97 Å². The molecule has 2 aromatic heterocycles. The monoisotopic (exact) mass is 469 g/mol. The smallest absolute Gasteiger partial charge is 0.337 e. The van der Waals surface area contributed by atoms with Gasteiger partial charge in [-0.05, 0) is 88.6 Å². The lowest BCUT2D eigenvalue weighted by Crippen LogP contribution is -2.10. The Morgan fingerprint density at radius 2 is 1.66 bits per heavy atom. The van der Waals surface area contributed by atoms with Crippen molar-refractivity contribution in [2.24, 2.45) is 0 Å². The van der Waals surface area contributed by atoms with Gasteiger partial charge in [0.2, 0.25) is 5.78 Å². The van der Waals surface area contributed by atoms with Crippen LogP contribution in [0.15, 0.2) is 42.0 Å². The number of nitrogens with zero attached hydrogens (tertiary/aromatic N) is 3.